The first-order valence-corrected chi connectivity index (χ1v) is 11.6. The number of amides is 1. The molecule has 0 aliphatic carbocycles. The Morgan fingerprint density at radius 2 is 1.52 bits per heavy atom. The van der Waals surface area contributed by atoms with Crippen LogP contribution in [0.1, 0.15) is 44.7 Å². The molecule has 1 saturated heterocycles. The Hall–Kier alpha value is -2.51. The van der Waals surface area contributed by atoms with Gasteiger partial charge in [-0.2, -0.15) is 0 Å². The Balaban J connectivity index is 1.55. The standard InChI is InChI=1S/C22H26N2O4S/c1-16-3-7-18(8-4-16)21(25)19-11-13-24(14-12-19)22(26)20-9-5-17(6-10-20)15-23-29(2,27)28/h3-10,19,23H,11-15H2,1-2H3. The van der Waals surface area contributed by atoms with Crippen LogP contribution in [-0.2, 0) is 16.6 Å². The number of piperidine rings is 1. The smallest absolute Gasteiger partial charge is 0.253 e. The van der Waals surface area contributed by atoms with Gasteiger partial charge in [-0.25, -0.2) is 13.1 Å². The van der Waals surface area contributed by atoms with E-state index in [1.54, 1.807) is 29.2 Å². The van der Waals surface area contributed by atoms with Crippen LogP contribution < -0.4 is 4.72 Å². The van der Waals surface area contributed by atoms with E-state index in [2.05, 4.69) is 4.72 Å². The van der Waals surface area contributed by atoms with Gasteiger partial charge in [0.15, 0.2) is 5.78 Å². The van der Waals surface area contributed by atoms with Crippen LogP contribution in [0, 0.1) is 12.8 Å². The molecule has 154 valence electrons. The fourth-order valence-electron chi connectivity index (χ4n) is 3.46. The number of Topliss-reactive ketones (excluding diaryl/α,β-unsaturated/α-hetero) is 1. The van der Waals surface area contributed by atoms with Gasteiger partial charge in [-0.15, -0.1) is 0 Å². The monoisotopic (exact) mass is 414 g/mol. The van der Waals surface area contributed by atoms with Crippen molar-refractivity contribution in [3.05, 3.63) is 70.8 Å². The van der Waals surface area contributed by atoms with Crippen molar-refractivity contribution < 1.29 is 18.0 Å². The Labute approximate surface area is 172 Å². The molecule has 0 bridgehead atoms. The molecule has 7 heteroatoms. The minimum atomic E-state index is -3.25. The largest absolute Gasteiger partial charge is 0.339 e. The number of sulfonamides is 1. The molecule has 6 nitrogen and oxygen atoms in total. The van der Waals surface area contributed by atoms with Gasteiger partial charge >= 0.3 is 0 Å². The second kappa shape index (κ2) is 8.88. The van der Waals surface area contributed by atoms with Gasteiger partial charge in [-0.05, 0) is 37.5 Å². The third-order valence-corrected chi connectivity index (χ3v) is 5.90. The second-order valence-electron chi connectivity index (χ2n) is 7.59. The third kappa shape index (κ3) is 5.74. The minimum Gasteiger partial charge on any atom is -0.339 e. The van der Waals surface area contributed by atoms with Gasteiger partial charge in [0.1, 0.15) is 0 Å². The quantitative estimate of drug-likeness (QED) is 0.737. The molecule has 0 atom stereocenters. The number of likely N-dealkylation sites (tertiary alicyclic amines) is 1. The second-order valence-corrected chi connectivity index (χ2v) is 9.42. The zero-order valence-electron chi connectivity index (χ0n) is 16.7. The summed E-state index contributed by atoms with van der Waals surface area (Å²) in [5, 5.41) is 0. The summed E-state index contributed by atoms with van der Waals surface area (Å²) >= 11 is 0. The lowest BCUT2D eigenvalue weighted by Crippen LogP contribution is -2.40. The predicted octanol–water partition coefficient (Wildman–Crippen LogP) is 2.78. The highest BCUT2D eigenvalue weighted by Gasteiger charge is 2.28. The van der Waals surface area contributed by atoms with Crippen molar-refractivity contribution >= 4 is 21.7 Å². The van der Waals surface area contributed by atoms with Crippen molar-refractivity contribution in [1.82, 2.24) is 9.62 Å². The molecule has 0 saturated carbocycles. The van der Waals surface area contributed by atoms with E-state index >= 15 is 0 Å². The van der Waals surface area contributed by atoms with Gasteiger partial charge in [-0.1, -0.05) is 42.0 Å². The molecule has 0 spiro atoms. The van der Waals surface area contributed by atoms with Gasteiger partial charge in [0, 0.05) is 36.7 Å². The normalized spacial score (nSPS) is 15.3. The third-order valence-electron chi connectivity index (χ3n) is 5.23. The number of ketones is 1. The predicted molar refractivity (Wildman–Crippen MR) is 112 cm³/mol. The molecule has 2 aromatic rings. The van der Waals surface area contributed by atoms with Crippen molar-refractivity contribution in [3.8, 4) is 0 Å². The summed E-state index contributed by atoms with van der Waals surface area (Å²) in [5.74, 6) is 0.0416. The van der Waals surface area contributed by atoms with Gasteiger partial charge in [0.05, 0.1) is 6.26 Å². The number of benzene rings is 2. The fraction of sp³-hybridized carbons (Fsp3) is 0.364. The van der Waals surface area contributed by atoms with Crippen LogP contribution in [0.25, 0.3) is 0 Å². The molecule has 1 aliphatic heterocycles. The van der Waals surface area contributed by atoms with E-state index in [-0.39, 0.29) is 24.2 Å². The van der Waals surface area contributed by atoms with Crippen LogP contribution in [0.4, 0.5) is 0 Å². The molecule has 1 amide bonds. The van der Waals surface area contributed by atoms with Gasteiger partial charge in [0.2, 0.25) is 10.0 Å². The number of hydrogen-bond acceptors (Lipinski definition) is 4. The van der Waals surface area contributed by atoms with Gasteiger partial charge in [0.25, 0.3) is 5.91 Å². The molecule has 1 aliphatic rings. The van der Waals surface area contributed by atoms with E-state index in [9.17, 15) is 18.0 Å². The lowest BCUT2D eigenvalue weighted by molar-refractivity contribution is 0.0650. The van der Waals surface area contributed by atoms with Crippen LogP contribution in [-0.4, -0.2) is 44.4 Å². The highest BCUT2D eigenvalue weighted by atomic mass is 32.2. The molecule has 1 fully saturated rings. The Morgan fingerprint density at radius 3 is 2.07 bits per heavy atom. The summed E-state index contributed by atoms with van der Waals surface area (Å²) in [6.07, 6.45) is 2.43. The molecular weight excluding hydrogens is 388 g/mol. The average molecular weight is 415 g/mol. The molecule has 0 radical (unpaired) electrons. The number of nitrogens with one attached hydrogen (secondary N) is 1. The van der Waals surface area contributed by atoms with E-state index in [0.717, 1.165) is 22.9 Å². The summed E-state index contributed by atoms with van der Waals surface area (Å²) < 4.78 is 24.8. The maximum absolute atomic E-state index is 12.7. The molecule has 1 heterocycles. The van der Waals surface area contributed by atoms with Gasteiger partial charge < -0.3 is 4.90 Å². The first-order chi connectivity index (χ1) is 13.7. The van der Waals surface area contributed by atoms with Gasteiger partial charge in [-0.3, -0.25) is 9.59 Å². The number of nitrogens with zero attached hydrogens (tertiary/aromatic N) is 1. The van der Waals surface area contributed by atoms with Crippen LogP contribution in [0.5, 0.6) is 0 Å². The fourth-order valence-corrected chi connectivity index (χ4v) is 3.89. The van der Waals surface area contributed by atoms with Crippen LogP contribution in [0.15, 0.2) is 48.5 Å². The van der Waals surface area contributed by atoms with E-state index < -0.39 is 10.0 Å². The number of carbonyl (C=O) groups excluding carboxylic acids is 2. The maximum Gasteiger partial charge on any atom is 0.253 e. The highest BCUT2D eigenvalue weighted by molar-refractivity contribution is 7.88. The number of carbonyl (C=O) groups is 2. The molecule has 1 N–H and O–H groups in total. The SMILES string of the molecule is Cc1ccc(C(=O)C2CCN(C(=O)c3ccc(CNS(C)(=O)=O)cc3)CC2)cc1. The van der Waals surface area contributed by atoms with E-state index in [1.165, 1.54) is 0 Å². The molecule has 3 rings (SSSR count). The summed E-state index contributed by atoms with van der Waals surface area (Å²) in [7, 11) is -3.25. The summed E-state index contributed by atoms with van der Waals surface area (Å²) in [4.78, 5) is 27.2. The Bertz CT molecular complexity index is 974. The number of rotatable bonds is 6. The molecular formula is C22H26N2O4S. The van der Waals surface area contributed by atoms with E-state index in [1.807, 2.05) is 31.2 Å². The first-order valence-electron chi connectivity index (χ1n) is 9.67. The molecule has 29 heavy (non-hydrogen) atoms. The topological polar surface area (TPSA) is 83.6 Å². The first kappa shape index (κ1) is 21.2. The Kier molecular flexibility index (Phi) is 6.49. The lowest BCUT2D eigenvalue weighted by Gasteiger charge is -2.31. The lowest BCUT2D eigenvalue weighted by atomic mass is 9.88. The highest BCUT2D eigenvalue weighted by Crippen LogP contribution is 2.23. The van der Waals surface area contributed by atoms with Crippen molar-refractivity contribution in [2.45, 2.75) is 26.3 Å². The minimum absolute atomic E-state index is 0.0498. The van der Waals surface area contributed by atoms with Crippen molar-refractivity contribution in [2.24, 2.45) is 5.92 Å². The summed E-state index contributed by atoms with van der Waals surface area (Å²) in [6.45, 7) is 3.30. The zero-order valence-corrected chi connectivity index (χ0v) is 17.5. The number of hydrogen-bond donors (Lipinski definition) is 1. The molecule has 2 aromatic carbocycles. The van der Waals surface area contributed by atoms with Crippen molar-refractivity contribution in [2.75, 3.05) is 19.3 Å². The van der Waals surface area contributed by atoms with Crippen molar-refractivity contribution in [3.63, 3.8) is 0 Å². The van der Waals surface area contributed by atoms with E-state index in [0.29, 0.717) is 31.5 Å². The summed E-state index contributed by atoms with van der Waals surface area (Å²) in [6, 6.07) is 14.6. The Morgan fingerprint density at radius 1 is 0.966 bits per heavy atom. The maximum atomic E-state index is 12.7. The van der Waals surface area contributed by atoms with Crippen molar-refractivity contribution in [1.29, 1.82) is 0 Å². The average Bonchev–Trinajstić information content (AvgIpc) is 2.72. The van der Waals surface area contributed by atoms with Crippen LogP contribution >= 0.6 is 0 Å². The van der Waals surface area contributed by atoms with Crippen LogP contribution in [0.2, 0.25) is 0 Å². The van der Waals surface area contributed by atoms with E-state index in [4.69, 9.17) is 0 Å². The number of aryl methyl sites for hydroxylation is 1. The van der Waals surface area contributed by atoms with Crippen LogP contribution in [0.3, 0.4) is 0 Å². The molecule has 0 unspecified atom stereocenters. The molecule has 0 aromatic heterocycles. The summed E-state index contributed by atoms with van der Waals surface area (Å²) in [5.41, 5.74) is 3.21. The zero-order chi connectivity index (χ0) is 21.0.